The van der Waals surface area contributed by atoms with Crippen molar-refractivity contribution in [3.8, 4) is 0 Å². The number of carbonyl (C=O) groups is 1. The SMILES string of the molecule is Cc1ccc(SCCC(=O)NC(C)(C)C(C)(C)O)cc1C. The summed E-state index contributed by atoms with van der Waals surface area (Å²) < 4.78 is 0. The summed E-state index contributed by atoms with van der Waals surface area (Å²) in [6.45, 7) is 11.3. The van der Waals surface area contributed by atoms with Crippen LogP contribution in [-0.4, -0.2) is 27.9 Å². The van der Waals surface area contributed by atoms with Crippen LogP contribution in [0.25, 0.3) is 0 Å². The van der Waals surface area contributed by atoms with Crippen molar-refractivity contribution < 1.29 is 9.90 Å². The van der Waals surface area contributed by atoms with Crippen molar-refractivity contribution in [1.82, 2.24) is 5.32 Å². The Hall–Kier alpha value is -1.00. The van der Waals surface area contributed by atoms with Gasteiger partial charge in [-0.05, 0) is 64.8 Å². The topological polar surface area (TPSA) is 49.3 Å². The van der Waals surface area contributed by atoms with Crippen LogP contribution in [0.5, 0.6) is 0 Å². The lowest BCUT2D eigenvalue weighted by atomic mass is 9.86. The molecule has 0 fully saturated rings. The lowest BCUT2D eigenvalue weighted by molar-refractivity contribution is -0.125. The van der Waals surface area contributed by atoms with Crippen molar-refractivity contribution in [1.29, 1.82) is 0 Å². The molecule has 1 amide bonds. The molecule has 0 aliphatic heterocycles. The number of benzene rings is 1. The maximum atomic E-state index is 12.0. The number of amides is 1. The first-order chi connectivity index (χ1) is 9.53. The fourth-order valence-electron chi connectivity index (χ4n) is 1.63. The van der Waals surface area contributed by atoms with E-state index in [2.05, 4.69) is 37.4 Å². The van der Waals surface area contributed by atoms with Gasteiger partial charge in [-0.25, -0.2) is 0 Å². The first-order valence-corrected chi connectivity index (χ1v) is 8.25. The third kappa shape index (κ3) is 5.36. The van der Waals surface area contributed by atoms with Gasteiger partial charge in [0.1, 0.15) is 0 Å². The Balaban J connectivity index is 2.45. The zero-order valence-corrected chi connectivity index (χ0v) is 14.7. The summed E-state index contributed by atoms with van der Waals surface area (Å²) in [5.41, 5.74) is 0.954. The minimum Gasteiger partial charge on any atom is -0.388 e. The van der Waals surface area contributed by atoms with Crippen molar-refractivity contribution in [2.45, 2.75) is 64.0 Å². The molecule has 0 aliphatic rings. The zero-order chi connectivity index (χ0) is 16.3. The number of rotatable bonds is 6. The number of hydrogen-bond acceptors (Lipinski definition) is 3. The predicted octanol–water partition coefficient (Wildman–Crippen LogP) is 3.45. The Bertz CT molecular complexity index is 504. The van der Waals surface area contributed by atoms with Crippen LogP contribution in [0.4, 0.5) is 0 Å². The van der Waals surface area contributed by atoms with Crippen molar-refractivity contribution in [2.24, 2.45) is 0 Å². The second-order valence-electron chi connectivity index (χ2n) is 6.58. The van der Waals surface area contributed by atoms with Crippen LogP contribution in [-0.2, 0) is 4.79 Å². The first-order valence-electron chi connectivity index (χ1n) is 7.26. The molecule has 21 heavy (non-hydrogen) atoms. The molecule has 2 N–H and O–H groups in total. The molecule has 0 unspecified atom stereocenters. The van der Waals surface area contributed by atoms with Crippen LogP contribution >= 0.6 is 11.8 Å². The highest BCUT2D eigenvalue weighted by Crippen LogP contribution is 2.23. The lowest BCUT2D eigenvalue weighted by Crippen LogP contribution is -2.57. The zero-order valence-electron chi connectivity index (χ0n) is 13.9. The van der Waals surface area contributed by atoms with E-state index in [0.717, 1.165) is 5.75 Å². The van der Waals surface area contributed by atoms with Crippen molar-refractivity contribution in [2.75, 3.05) is 5.75 Å². The van der Waals surface area contributed by atoms with Crippen molar-refractivity contribution >= 4 is 17.7 Å². The Kier molecular flexibility index (Phi) is 5.88. The monoisotopic (exact) mass is 309 g/mol. The smallest absolute Gasteiger partial charge is 0.221 e. The largest absolute Gasteiger partial charge is 0.388 e. The van der Waals surface area contributed by atoms with Crippen LogP contribution < -0.4 is 5.32 Å². The van der Waals surface area contributed by atoms with E-state index in [1.807, 2.05) is 13.8 Å². The maximum absolute atomic E-state index is 12.0. The van der Waals surface area contributed by atoms with Gasteiger partial charge in [0.25, 0.3) is 0 Å². The summed E-state index contributed by atoms with van der Waals surface area (Å²) in [4.78, 5) is 13.2. The molecule has 0 saturated carbocycles. The van der Waals surface area contributed by atoms with Crippen LogP contribution in [0.3, 0.4) is 0 Å². The fraction of sp³-hybridized carbons (Fsp3) is 0.588. The van der Waals surface area contributed by atoms with E-state index in [9.17, 15) is 9.90 Å². The molecule has 0 atom stereocenters. The Labute approximate surface area is 132 Å². The molecule has 0 aromatic heterocycles. The number of carbonyl (C=O) groups excluding carboxylic acids is 1. The quantitative estimate of drug-likeness (QED) is 0.791. The molecule has 0 aliphatic carbocycles. The summed E-state index contributed by atoms with van der Waals surface area (Å²) in [6, 6.07) is 6.35. The molecule has 1 aromatic rings. The van der Waals surface area contributed by atoms with Crippen LogP contribution in [0.15, 0.2) is 23.1 Å². The van der Waals surface area contributed by atoms with E-state index in [4.69, 9.17) is 0 Å². The molecule has 0 spiro atoms. The average molecular weight is 309 g/mol. The second kappa shape index (κ2) is 6.84. The molecule has 0 heterocycles. The number of aliphatic hydroxyl groups is 1. The Morgan fingerprint density at radius 3 is 2.33 bits per heavy atom. The van der Waals surface area contributed by atoms with E-state index in [1.54, 1.807) is 25.6 Å². The van der Waals surface area contributed by atoms with Gasteiger partial charge < -0.3 is 10.4 Å². The van der Waals surface area contributed by atoms with Gasteiger partial charge >= 0.3 is 0 Å². The molecule has 0 radical (unpaired) electrons. The van der Waals surface area contributed by atoms with Crippen molar-refractivity contribution in [3.05, 3.63) is 29.3 Å². The van der Waals surface area contributed by atoms with Gasteiger partial charge in [-0.3, -0.25) is 4.79 Å². The summed E-state index contributed by atoms with van der Waals surface area (Å²) in [5, 5.41) is 12.9. The van der Waals surface area contributed by atoms with Gasteiger partial charge in [-0.15, -0.1) is 11.8 Å². The standard InChI is InChI=1S/C17H27NO2S/c1-12-7-8-14(11-13(12)2)21-10-9-15(19)18-16(3,4)17(5,6)20/h7-8,11,20H,9-10H2,1-6H3,(H,18,19). The third-order valence-corrected chi connectivity index (χ3v) is 5.05. The first kappa shape index (κ1) is 18.1. The summed E-state index contributed by atoms with van der Waals surface area (Å²) >= 11 is 1.68. The summed E-state index contributed by atoms with van der Waals surface area (Å²) in [5.74, 6) is 0.703. The number of nitrogens with one attached hydrogen (secondary N) is 1. The maximum Gasteiger partial charge on any atom is 0.221 e. The van der Waals surface area contributed by atoms with E-state index >= 15 is 0 Å². The molecule has 1 aromatic carbocycles. The Morgan fingerprint density at radius 1 is 1.19 bits per heavy atom. The molecule has 3 nitrogen and oxygen atoms in total. The minimum atomic E-state index is -0.954. The van der Waals surface area contributed by atoms with E-state index in [0.29, 0.717) is 6.42 Å². The number of aryl methyl sites for hydroxylation is 2. The van der Waals surface area contributed by atoms with Crippen LogP contribution in [0, 0.1) is 13.8 Å². The van der Waals surface area contributed by atoms with Gasteiger partial charge in [0.2, 0.25) is 5.91 Å². The predicted molar refractivity (Wildman–Crippen MR) is 89.8 cm³/mol. The molecule has 0 bridgehead atoms. The van der Waals surface area contributed by atoms with Gasteiger partial charge in [0.15, 0.2) is 0 Å². The third-order valence-electron chi connectivity index (χ3n) is 4.06. The van der Waals surface area contributed by atoms with E-state index in [-0.39, 0.29) is 5.91 Å². The summed E-state index contributed by atoms with van der Waals surface area (Å²) in [6.07, 6.45) is 0.442. The highest BCUT2D eigenvalue weighted by Gasteiger charge is 2.36. The molecular formula is C17H27NO2S. The fourth-order valence-corrected chi connectivity index (χ4v) is 2.58. The van der Waals surface area contributed by atoms with Crippen molar-refractivity contribution in [3.63, 3.8) is 0 Å². The Morgan fingerprint density at radius 2 is 1.81 bits per heavy atom. The van der Waals surface area contributed by atoms with E-state index < -0.39 is 11.1 Å². The van der Waals surface area contributed by atoms with Crippen LogP contribution in [0.1, 0.15) is 45.2 Å². The normalized spacial score (nSPS) is 12.3. The van der Waals surface area contributed by atoms with Gasteiger partial charge in [-0.2, -0.15) is 0 Å². The van der Waals surface area contributed by atoms with Crippen LogP contribution in [0.2, 0.25) is 0 Å². The molecule has 118 valence electrons. The highest BCUT2D eigenvalue weighted by atomic mass is 32.2. The minimum absolute atomic E-state index is 0.0292. The van der Waals surface area contributed by atoms with Gasteiger partial charge in [-0.1, -0.05) is 6.07 Å². The second-order valence-corrected chi connectivity index (χ2v) is 7.75. The highest BCUT2D eigenvalue weighted by molar-refractivity contribution is 7.99. The molecule has 1 rings (SSSR count). The van der Waals surface area contributed by atoms with Gasteiger partial charge in [0.05, 0.1) is 11.1 Å². The van der Waals surface area contributed by atoms with E-state index in [1.165, 1.54) is 16.0 Å². The molecule has 4 heteroatoms. The number of hydrogen-bond donors (Lipinski definition) is 2. The molecule has 0 saturated heterocycles. The summed E-state index contributed by atoms with van der Waals surface area (Å²) in [7, 11) is 0. The molecular weight excluding hydrogens is 282 g/mol. The lowest BCUT2D eigenvalue weighted by Gasteiger charge is -2.38. The van der Waals surface area contributed by atoms with Gasteiger partial charge in [0, 0.05) is 17.1 Å². The number of thioether (sulfide) groups is 1. The average Bonchev–Trinajstić information content (AvgIpc) is 2.31.